The van der Waals surface area contributed by atoms with E-state index in [1.807, 2.05) is 13.8 Å². The summed E-state index contributed by atoms with van der Waals surface area (Å²) in [5.41, 5.74) is 8.20. The molecule has 2 aliphatic rings. The number of carbonyl (C=O) groups is 1. The first kappa shape index (κ1) is 30.1. The van der Waals surface area contributed by atoms with Crippen LogP contribution < -0.4 is 16.3 Å². The maximum absolute atomic E-state index is 14.0. The molecule has 1 unspecified atom stereocenters. The summed E-state index contributed by atoms with van der Waals surface area (Å²) < 4.78 is 37.9. The molecule has 38 heavy (non-hydrogen) atoms. The Hall–Kier alpha value is -2.47. The van der Waals surface area contributed by atoms with E-state index in [1.54, 1.807) is 6.92 Å². The van der Waals surface area contributed by atoms with Crippen molar-refractivity contribution in [3.05, 3.63) is 43.0 Å². The Balaban J connectivity index is 1.82. The van der Waals surface area contributed by atoms with Crippen LogP contribution in [0.2, 0.25) is 0 Å². The molecule has 2 N–H and O–H groups in total. The molecule has 15 heteroatoms. The summed E-state index contributed by atoms with van der Waals surface area (Å²) in [6, 6.07) is -1.69. The molecule has 1 aliphatic carbocycles. The fourth-order valence-corrected chi connectivity index (χ4v) is 6.45. The van der Waals surface area contributed by atoms with Crippen molar-refractivity contribution in [2.45, 2.75) is 96.2 Å². The third kappa shape index (κ3) is 7.56. The minimum atomic E-state index is -4.07. The van der Waals surface area contributed by atoms with Gasteiger partial charge in [0.25, 0.3) is 5.56 Å². The van der Waals surface area contributed by atoms with E-state index in [2.05, 4.69) is 20.1 Å². The molecule has 3 rings (SSSR count). The fourth-order valence-electron chi connectivity index (χ4n) is 4.61. The number of esters is 1. The second-order valence-corrected chi connectivity index (χ2v) is 11.5. The van der Waals surface area contributed by atoms with Gasteiger partial charge in [0.2, 0.25) is 0 Å². The molecule has 0 amide bonds. The number of hydrogen-bond donors (Lipinski definition) is 2. The van der Waals surface area contributed by atoms with Crippen LogP contribution in [0.1, 0.15) is 70.6 Å². The molecule has 1 saturated heterocycles. The first-order valence-corrected chi connectivity index (χ1v) is 14.4. The predicted octanol–water partition coefficient (Wildman–Crippen LogP) is 3.46. The van der Waals surface area contributed by atoms with Crippen LogP contribution in [0.25, 0.3) is 10.4 Å². The number of rotatable bonds is 12. The molecule has 1 saturated carbocycles. The summed E-state index contributed by atoms with van der Waals surface area (Å²) in [7, 11) is -2.82. The Morgan fingerprint density at radius 3 is 2.71 bits per heavy atom. The smallest absolute Gasteiger partial charge is 0.406 e. The highest BCUT2D eigenvalue weighted by Crippen LogP contribution is 2.49. The molecule has 2 heterocycles. The average Bonchev–Trinajstić information content (AvgIpc) is 3.30. The first-order valence-electron chi connectivity index (χ1n) is 12.9. The third-order valence-corrected chi connectivity index (χ3v) is 8.73. The van der Waals surface area contributed by atoms with Crippen molar-refractivity contribution < 1.29 is 27.9 Å². The highest BCUT2D eigenvalue weighted by atomic mass is 31.2. The average molecular weight is 557 g/mol. The quantitative estimate of drug-likeness (QED) is 0.128. The maximum atomic E-state index is 14.0. The van der Waals surface area contributed by atoms with Crippen molar-refractivity contribution in [2.24, 2.45) is 11.0 Å². The summed E-state index contributed by atoms with van der Waals surface area (Å²) in [6.07, 6.45) is 4.39. The number of nitrogens with zero attached hydrogens (tertiary/aromatic N) is 4. The Labute approximate surface area is 220 Å². The number of aryl methyl sites for hydroxylation is 1. The topological polar surface area (TPSA) is 187 Å². The molecule has 0 aromatic carbocycles. The molecular weight excluding hydrogens is 519 g/mol. The largest absolute Gasteiger partial charge is 0.468 e. The molecule has 1 aromatic rings. The van der Waals surface area contributed by atoms with E-state index in [4.69, 9.17) is 24.1 Å². The zero-order chi connectivity index (χ0) is 27.9. The molecule has 212 valence electrons. The predicted molar refractivity (Wildman–Crippen MR) is 137 cm³/mol. The summed E-state index contributed by atoms with van der Waals surface area (Å²) in [4.78, 5) is 41.7. The number of nitrogens with one attached hydrogen (secondary N) is 2. The van der Waals surface area contributed by atoms with Crippen LogP contribution in [0.5, 0.6) is 0 Å². The van der Waals surface area contributed by atoms with Crippen molar-refractivity contribution >= 4 is 13.7 Å². The van der Waals surface area contributed by atoms with E-state index in [-0.39, 0.29) is 25.0 Å². The van der Waals surface area contributed by atoms with Crippen LogP contribution in [0.15, 0.2) is 20.9 Å². The Bertz CT molecular complexity index is 1180. The molecule has 14 nitrogen and oxygen atoms in total. The Kier molecular flexibility index (Phi) is 10.7. The monoisotopic (exact) mass is 556 g/mol. The second kappa shape index (κ2) is 13.5. The summed E-state index contributed by atoms with van der Waals surface area (Å²) >= 11 is 0. The van der Waals surface area contributed by atoms with Crippen molar-refractivity contribution in [1.29, 1.82) is 0 Å². The highest BCUT2D eigenvalue weighted by molar-refractivity contribution is 7.51. The molecule has 2 fully saturated rings. The van der Waals surface area contributed by atoms with E-state index in [9.17, 15) is 18.9 Å². The van der Waals surface area contributed by atoms with Crippen molar-refractivity contribution in [2.75, 3.05) is 13.7 Å². The molecule has 0 radical (unpaired) electrons. The number of carbonyl (C=O) groups excluding carboxylic acids is 1. The van der Waals surface area contributed by atoms with Gasteiger partial charge in [-0.1, -0.05) is 44.6 Å². The first-order chi connectivity index (χ1) is 18.1. The lowest BCUT2D eigenvalue weighted by Gasteiger charge is -2.31. The van der Waals surface area contributed by atoms with Gasteiger partial charge in [-0.2, -0.15) is 0 Å². The van der Waals surface area contributed by atoms with Gasteiger partial charge in [-0.3, -0.25) is 28.2 Å². The van der Waals surface area contributed by atoms with E-state index in [0.29, 0.717) is 24.8 Å². The maximum Gasteiger partial charge on any atom is 0.406 e. The summed E-state index contributed by atoms with van der Waals surface area (Å²) in [6.45, 7) is 4.97. The Morgan fingerprint density at radius 2 is 2.08 bits per heavy atom. The zero-order valence-electron chi connectivity index (χ0n) is 22.2. The van der Waals surface area contributed by atoms with E-state index in [0.717, 1.165) is 19.3 Å². The molecule has 1 aliphatic heterocycles. The lowest BCUT2D eigenvalue weighted by molar-refractivity contribution is -0.144. The van der Waals surface area contributed by atoms with Crippen molar-refractivity contribution in [1.82, 2.24) is 14.6 Å². The standard InChI is InChI=1S/C23H37N6O8P/c1-5-14(2)20(22(31)34-4)27-38(33,37-16-9-7-6-8-10-16)35-13-18-17(26-28-24)11-19(36-18)29-12-15(3)21(30)25-23(29)32/h12,14,16-20H,5-11,13H2,1-4H3,(H,27,33)(H,25,30,32)/t14-,17-,18+,19+,20+,38?/m0/s1. The number of aromatic nitrogens is 2. The number of methoxy groups -OCH3 is 1. The molecule has 0 spiro atoms. The van der Waals surface area contributed by atoms with Gasteiger partial charge < -0.3 is 9.47 Å². The van der Waals surface area contributed by atoms with Gasteiger partial charge in [-0.25, -0.2) is 14.4 Å². The molecule has 1 aromatic heterocycles. The highest BCUT2D eigenvalue weighted by Gasteiger charge is 2.41. The minimum Gasteiger partial charge on any atom is -0.468 e. The Morgan fingerprint density at radius 1 is 1.37 bits per heavy atom. The number of hydrogen-bond acceptors (Lipinski definition) is 9. The minimum absolute atomic E-state index is 0.127. The molecule has 0 bridgehead atoms. The molecular formula is C23H37N6O8P. The van der Waals surface area contributed by atoms with Crippen LogP contribution in [0.4, 0.5) is 0 Å². The van der Waals surface area contributed by atoms with Gasteiger partial charge in [-0.05, 0) is 31.2 Å². The summed E-state index contributed by atoms with van der Waals surface area (Å²) in [5.74, 6) is -0.819. The van der Waals surface area contributed by atoms with Gasteiger partial charge >= 0.3 is 19.4 Å². The lowest BCUT2D eigenvalue weighted by Crippen LogP contribution is -2.42. The number of aromatic amines is 1. The van der Waals surface area contributed by atoms with Crippen LogP contribution in [-0.4, -0.2) is 53.5 Å². The van der Waals surface area contributed by atoms with Gasteiger partial charge in [0.05, 0.1) is 32.0 Å². The van der Waals surface area contributed by atoms with E-state index in [1.165, 1.54) is 17.9 Å². The van der Waals surface area contributed by atoms with Gasteiger partial charge in [-0.15, -0.1) is 0 Å². The fraction of sp³-hybridized carbons (Fsp3) is 0.783. The summed E-state index contributed by atoms with van der Waals surface area (Å²) in [5, 5.41) is 6.57. The SMILES string of the molecule is CC[C@H](C)[C@@H](NP(=O)(OC[C@H]1O[C@@H](n2cc(C)c(=O)[nH]c2=O)C[C@@H]1N=[N+]=[N-])OC1CCCCC1)C(=O)OC. The van der Waals surface area contributed by atoms with E-state index < -0.39 is 49.4 Å². The van der Waals surface area contributed by atoms with Crippen LogP contribution >= 0.6 is 7.75 Å². The van der Waals surface area contributed by atoms with Crippen LogP contribution in [0.3, 0.4) is 0 Å². The van der Waals surface area contributed by atoms with E-state index >= 15 is 0 Å². The lowest BCUT2D eigenvalue weighted by atomic mass is 9.98. The normalized spacial score (nSPS) is 25.2. The number of azide groups is 1. The van der Waals surface area contributed by atoms with Crippen molar-refractivity contribution in [3.63, 3.8) is 0 Å². The number of H-pyrrole nitrogens is 1. The van der Waals surface area contributed by atoms with Gasteiger partial charge in [0, 0.05) is 23.1 Å². The van der Waals surface area contributed by atoms with Crippen LogP contribution in [-0.2, 0) is 27.9 Å². The van der Waals surface area contributed by atoms with Gasteiger partial charge in [0.15, 0.2) is 0 Å². The van der Waals surface area contributed by atoms with Crippen molar-refractivity contribution in [3.8, 4) is 0 Å². The second-order valence-electron chi connectivity index (χ2n) is 9.79. The molecule has 6 atom stereocenters. The zero-order valence-corrected chi connectivity index (χ0v) is 23.1. The van der Waals surface area contributed by atoms with Crippen LogP contribution in [0, 0.1) is 12.8 Å². The number of ether oxygens (including phenoxy) is 2. The van der Waals surface area contributed by atoms with Gasteiger partial charge in [0.1, 0.15) is 12.3 Å². The third-order valence-electron chi connectivity index (χ3n) is 7.07.